The van der Waals surface area contributed by atoms with Gasteiger partial charge in [0.1, 0.15) is 5.69 Å². The molecule has 0 radical (unpaired) electrons. The molecule has 1 saturated heterocycles. The Balaban J connectivity index is 1.65. The van der Waals surface area contributed by atoms with Crippen LogP contribution in [0.1, 0.15) is 30.4 Å². The number of amides is 1. The molecule has 1 amide bonds. The first-order chi connectivity index (χ1) is 14.2. The molecule has 0 unspecified atom stereocenters. The molecule has 1 aliphatic rings. The third-order valence-electron chi connectivity index (χ3n) is 5.32. The Morgan fingerprint density at radius 3 is 2.30 bits per heavy atom. The summed E-state index contributed by atoms with van der Waals surface area (Å²) in [6, 6.07) is 12.3. The van der Waals surface area contributed by atoms with Crippen LogP contribution in [0.15, 0.2) is 48.5 Å². The Morgan fingerprint density at radius 1 is 1.10 bits per heavy atom. The molecule has 1 fully saturated rings. The molecular weight excluding hydrogens is 399 g/mol. The molecule has 1 atom stereocenters. The lowest BCUT2D eigenvalue weighted by atomic mass is 9.97. The van der Waals surface area contributed by atoms with Crippen LogP contribution in [0.4, 0.5) is 24.5 Å². The Hall–Kier alpha value is -3.10. The van der Waals surface area contributed by atoms with Gasteiger partial charge in [-0.15, -0.1) is 0 Å². The summed E-state index contributed by atoms with van der Waals surface area (Å²) in [5.41, 5.74) is -0.424. The maximum atomic E-state index is 12.9. The number of carbonyl (C=O) groups is 1. The highest BCUT2D eigenvalue weighted by molar-refractivity contribution is 5.77. The highest BCUT2D eigenvalue weighted by Crippen LogP contribution is 2.36. The van der Waals surface area contributed by atoms with Gasteiger partial charge in [0.25, 0.3) is 5.69 Å². The second-order valence-electron chi connectivity index (χ2n) is 7.34. The second-order valence-corrected chi connectivity index (χ2v) is 7.34. The molecule has 1 aliphatic heterocycles. The quantitative estimate of drug-likeness (QED) is 0.528. The van der Waals surface area contributed by atoms with Crippen molar-refractivity contribution in [2.75, 3.05) is 31.1 Å². The molecule has 160 valence electrons. The lowest BCUT2D eigenvalue weighted by Crippen LogP contribution is -2.49. The summed E-state index contributed by atoms with van der Waals surface area (Å²) in [5, 5.41) is 11.3. The van der Waals surface area contributed by atoms with E-state index in [0.717, 1.165) is 17.7 Å². The minimum absolute atomic E-state index is 0.00655. The predicted molar refractivity (Wildman–Crippen MR) is 106 cm³/mol. The maximum Gasteiger partial charge on any atom is 0.416 e. The number of carbonyl (C=O) groups excluding carboxylic acids is 1. The van der Waals surface area contributed by atoms with Crippen molar-refractivity contribution < 1.29 is 22.9 Å². The van der Waals surface area contributed by atoms with Gasteiger partial charge in [-0.05, 0) is 23.6 Å². The minimum Gasteiger partial charge on any atom is -0.362 e. The average Bonchev–Trinajstić information content (AvgIpc) is 2.73. The van der Waals surface area contributed by atoms with Gasteiger partial charge in [0, 0.05) is 38.7 Å². The number of benzene rings is 2. The SMILES string of the molecule is C[C@H](CC(=O)N1CCN(c2ccc(C(F)(F)F)cc2[N+](=O)[O-])CC1)c1ccccc1. The van der Waals surface area contributed by atoms with E-state index < -0.39 is 22.4 Å². The van der Waals surface area contributed by atoms with Crippen LogP contribution in [-0.2, 0) is 11.0 Å². The fraction of sp³-hybridized carbons (Fsp3) is 0.381. The molecule has 0 spiro atoms. The number of anilines is 1. The smallest absolute Gasteiger partial charge is 0.362 e. The molecule has 2 aromatic carbocycles. The molecule has 9 heteroatoms. The van der Waals surface area contributed by atoms with Crippen LogP contribution >= 0.6 is 0 Å². The van der Waals surface area contributed by atoms with E-state index in [1.165, 1.54) is 0 Å². The van der Waals surface area contributed by atoms with E-state index in [1.807, 2.05) is 37.3 Å². The first-order valence-electron chi connectivity index (χ1n) is 9.60. The van der Waals surface area contributed by atoms with Crippen molar-refractivity contribution in [2.45, 2.75) is 25.4 Å². The number of nitrogens with zero attached hydrogens (tertiary/aromatic N) is 3. The first kappa shape index (κ1) is 21.6. The van der Waals surface area contributed by atoms with Crippen molar-refractivity contribution in [3.63, 3.8) is 0 Å². The normalized spacial score (nSPS) is 15.7. The van der Waals surface area contributed by atoms with Gasteiger partial charge in [-0.3, -0.25) is 14.9 Å². The van der Waals surface area contributed by atoms with Crippen molar-refractivity contribution in [2.24, 2.45) is 0 Å². The number of nitro groups is 1. The van der Waals surface area contributed by atoms with Gasteiger partial charge in [0.05, 0.1) is 10.5 Å². The van der Waals surface area contributed by atoms with Crippen LogP contribution in [-0.4, -0.2) is 41.9 Å². The number of alkyl halides is 3. The summed E-state index contributed by atoms with van der Waals surface area (Å²) >= 11 is 0. The van der Waals surface area contributed by atoms with Crippen molar-refractivity contribution in [3.8, 4) is 0 Å². The van der Waals surface area contributed by atoms with Crippen LogP contribution in [0.2, 0.25) is 0 Å². The summed E-state index contributed by atoms with van der Waals surface area (Å²) in [6.07, 6.45) is -4.30. The van der Waals surface area contributed by atoms with Crippen LogP contribution in [0.25, 0.3) is 0 Å². The number of halogens is 3. The Bertz CT molecular complexity index is 911. The lowest BCUT2D eigenvalue weighted by Gasteiger charge is -2.36. The molecule has 0 aliphatic carbocycles. The van der Waals surface area contributed by atoms with E-state index in [2.05, 4.69) is 0 Å². The van der Waals surface area contributed by atoms with Gasteiger partial charge < -0.3 is 9.80 Å². The van der Waals surface area contributed by atoms with Crippen LogP contribution in [0.5, 0.6) is 0 Å². The van der Waals surface area contributed by atoms with Crippen molar-refractivity contribution >= 4 is 17.3 Å². The molecule has 30 heavy (non-hydrogen) atoms. The summed E-state index contributed by atoms with van der Waals surface area (Å²) in [4.78, 5) is 26.5. The van der Waals surface area contributed by atoms with E-state index in [4.69, 9.17) is 0 Å². The van der Waals surface area contributed by atoms with E-state index in [9.17, 15) is 28.1 Å². The molecule has 1 heterocycles. The van der Waals surface area contributed by atoms with Gasteiger partial charge in [-0.2, -0.15) is 13.2 Å². The zero-order chi connectivity index (χ0) is 21.9. The topological polar surface area (TPSA) is 66.7 Å². The van der Waals surface area contributed by atoms with Gasteiger partial charge in [0.2, 0.25) is 5.91 Å². The van der Waals surface area contributed by atoms with E-state index in [-0.39, 0.29) is 17.5 Å². The standard InChI is InChI=1S/C21H22F3N3O3/c1-15(16-5-3-2-4-6-16)13-20(28)26-11-9-25(10-12-26)18-8-7-17(21(22,23)24)14-19(18)27(29)30/h2-8,14-15H,9-13H2,1H3/t15-/m1/s1. The number of hydrogen-bond donors (Lipinski definition) is 0. The summed E-state index contributed by atoms with van der Waals surface area (Å²) in [6.45, 7) is 3.33. The molecular formula is C21H22F3N3O3. The number of hydrogen-bond acceptors (Lipinski definition) is 4. The van der Waals surface area contributed by atoms with Crippen LogP contribution in [0, 0.1) is 10.1 Å². The Kier molecular flexibility index (Phi) is 6.28. The largest absolute Gasteiger partial charge is 0.416 e. The fourth-order valence-corrected chi connectivity index (χ4v) is 3.60. The highest BCUT2D eigenvalue weighted by atomic mass is 19.4. The number of nitro benzene ring substituents is 1. The van der Waals surface area contributed by atoms with E-state index in [1.54, 1.807) is 9.80 Å². The molecule has 0 saturated carbocycles. The Labute approximate surface area is 172 Å². The fourth-order valence-electron chi connectivity index (χ4n) is 3.60. The Morgan fingerprint density at radius 2 is 1.73 bits per heavy atom. The minimum atomic E-state index is -4.65. The number of piperazine rings is 1. The van der Waals surface area contributed by atoms with Crippen molar-refractivity contribution in [1.29, 1.82) is 0 Å². The van der Waals surface area contributed by atoms with E-state index in [0.29, 0.717) is 38.7 Å². The lowest BCUT2D eigenvalue weighted by molar-refractivity contribution is -0.384. The molecule has 0 N–H and O–H groups in total. The maximum absolute atomic E-state index is 12.9. The molecule has 6 nitrogen and oxygen atoms in total. The third-order valence-corrected chi connectivity index (χ3v) is 5.32. The molecule has 0 aromatic heterocycles. The van der Waals surface area contributed by atoms with Gasteiger partial charge >= 0.3 is 6.18 Å². The molecule has 3 rings (SSSR count). The zero-order valence-electron chi connectivity index (χ0n) is 16.4. The third kappa shape index (κ3) is 4.90. The average molecular weight is 421 g/mol. The van der Waals surface area contributed by atoms with Gasteiger partial charge in [-0.25, -0.2) is 0 Å². The van der Waals surface area contributed by atoms with Crippen LogP contribution < -0.4 is 4.90 Å². The zero-order valence-corrected chi connectivity index (χ0v) is 16.4. The van der Waals surface area contributed by atoms with Crippen molar-refractivity contribution in [3.05, 3.63) is 69.8 Å². The first-order valence-corrected chi connectivity index (χ1v) is 9.60. The molecule has 0 bridgehead atoms. The van der Waals surface area contributed by atoms with Gasteiger partial charge in [-0.1, -0.05) is 37.3 Å². The van der Waals surface area contributed by atoms with Crippen molar-refractivity contribution in [1.82, 2.24) is 4.90 Å². The summed E-state index contributed by atoms with van der Waals surface area (Å²) in [5.74, 6) is 0.0562. The molecule has 2 aromatic rings. The predicted octanol–water partition coefficient (Wildman–Crippen LogP) is 4.46. The van der Waals surface area contributed by atoms with Crippen LogP contribution in [0.3, 0.4) is 0 Å². The second kappa shape index (κ2) is 8.73. The van der Waals surface area contributed by atoms with E-state index >= 15 is 0 Å². The summed E-state index contributed by atoms with van der Waals surface area (Å²) in [7, 11) is 0. The number of rotatable bonds is 5. The monoisotopic (exact) mass is 421 g/mol. The summed E-state index contributed by atoms with van der Waals surface area (Å²) < 4.78 is 38.7. The van der Waals surface area contributed by atoms with Gasteiger partial charge in [0.15, 0.2) is 0 Å². The highest BCUT2D eigenvalue weighted by Gasteiger charge is 2.34.